The Labute approximate surface area is 330 Å². The molecule has 13 nitrogen and oxygen atoms in total. The minimum absolute atomic E-state index is 0.0487. The van der Waals surface area contributed by atoms with Gasteiger partial charge < -0.3 is 19.6 Å². The standard InChI is InChI=1S/C35H33ClF3N5O8S3/c1-34(2,3)52-21(45)15-50-43-23(22-27(36)55-33(41-22)42-32(49)35(37,38)39)28(46)40-24-29(47)44-25(20(16-53-4)17-54-30(24)44)31(48)51-26(18-11-7-5-8-12-18)19-13-9-6-10-14-19/h5-14,24,26,30H,15-17H2,1-4H3,(H,40,46)(H,41,42,49)/t24?,30-/m1/s1. The number of carbonyl (C=O) groups is 5. The van der Waals surface area contributed by atoms with Gasteiger partial charge >= 0.3 is 24.0 Å². The van der Waals surface area contributed by atoms with Crippen molar-refractivity contribution in [1.82, 2.24) is 15.2 Å². The van der Waals surface area contributed by atoms with Crippen molar-refractivity contribution >= 4 is 87.0 Å². The van der Waals surface area contributed by atoms with Crippen LogP contribution in [0.15, 0.2) is 77.1 Å². The Hall–Kier alpha value is -4.59. The topological polar surface area (TPSA) is 166 Å². The first-order valence-corrected chi connectivity index (χ1v) is 19.9. The number of esters is 2. The van der Waals surface area contributed by atoms with Crippen molar-refractivity contribution in [3.63, 3.8) is 0 Å². The number of alkyl halides is 3. The van der Waals surface area contributed by atoms with Crippen LogP contribution in [0.1, 0.15) is 43.7 Å². The van der Waals surface area contributed by atoms with E-state index in [1.54, 1.807) is 26.1 Å². The lowest BCUT2D eigenvalue weighted by atomic mass is 10.0. The highest BCUT2D eigenvalue weighted by molar-refractivity contribution is 8.00. The molecule has 0 bridgehead atoms. The van der Waals surface area contributed by atoms with Gasteiger partial charge in [-0.2, -0.15) is 24.9 Å². The Kier molecular flexibility index (Phi) is 13.2. The van der Waals surface area contributed by atoms with Crippen molar-refractivity contribution in [2.24, 2.45) is 5.16 Å². The van der Waals surface area contributed by atoms with Gasteiger partial charge in [0.15, 0.2) is 16.9 Å². The molecule has 3 amide bonds. The van der Waals surface area contributed by atoms with E-state index in [4.69, 9.17) is 25.9 Å². The molecule has 0 saturated carbocycles. The fourth-order valence-electron chi connectivity index (χ4n) is 5.30. The van der Waals surface area contributed by atoms with Crippen LogP contribution in [0.4, 0.5) is 18.3 Å². The number of halogens is 4. The maximum Gasteiger partial charge on any atom is 0.471 e. The minimum atomic E-state index is -5.25. The van der Waals surface area contributed by atoms with E-state index in [0.717, 1.165) is 0 Å². The zero-order chi connectivity index (χ0) is 40.1. The largest absolute Gasteiger partial charge is 0.471 e. The number of benzene rings is 2. The molecule has 2 atom stereocenters. The number of fused-ring (bicyclic) bond motifs is 1. The van der Waals surface area contributed by atoms with E-state index in [-0.39, 0.29) is 10.0 Å². The second kappa shape index (κ2) is 17.5. The Balaban J connectivity index is 1.39. The predicted octanol–water partition coefficient (Wildman–Crippen LogP) is 5.71. The van der Waals surface area contributed by atoms with Crippen LogP contribution in [0, 0.1) is 0 Å². The van der Waals surface area contributed by atoms with Crippen LogP contribution in [0.2, 0.25) is 4.34 Å². The summed E-state index contributed by atoms with van der Waals surface area (Å²) in [5.41, 5.74) is -0.00949. The van der Waals surface area contributed by atoms with Crippen LogP contribution in [0.3, 0.4) is 0 Å². The van der Waals surface area contributed by atoms with E-state index in [0.29, 0.717) is 39.5 Å². The van der Waals surface area contributed by atoms with Crippen LogP contribution in [-0.4, -0.2) is 92.8 Å². The van der Waals surface area contributed by atoms with Gasteiger partial charge in [0.05, 0.1) is 0 Å². The Morgan fingerprint density at radius 1 is 1.05 bits per heavy atom. The molecule has 0 radical (unpaired) electrons. The summed E-state index contributed by atoms with van der Waals surface area (Å²) in [5.74, 6) is -5.00. The highest BCUT2D eigenvalue weighted by Crippen LogP contribution is 2.42. The summed E-state index contributed by atoms with van der Waals surface area (Å²) in [6.07, 6.45) is -4.21. The summed E-state index contributed by atoms with van der Waals surface area (Å²) in [5, 5.41) is 6.35. The van der Waals surface area contributed by atoms with E-state index < -0.39 is 82.1 Å². The molecule has 55 heavy (non-hydrogen) atoms. The maximum atomic E-state index is 14.1. The number of aromatic nitrogens is 1. The highest BCUT2D eigenvalue weighted by Gasteiger charge is 2.55. The van der Waals surface area contributed by atoms with Gasteiger partial charge in [0, 0.05) is 11.5 Å². The Bertz CT molecular complexity index is 1970. The van der Waals surface area contributed by atoms with Gasteiger partial charge in [-0.1, -0.05) is 88.8 Å². The quantitative estimate of drug-likeness (QED) is 0.0938. The lowest BCUT2D eigenvalue weighted by Gasteiger charge is -2.49. The van der Waals surface area contributed by atoms with Crippen molar-refractivity contribution in [2.45, 2.75) is 50.1 Å². The molecule has 5 rings (SSSR count). The number of hydrogen-bond acceptors (Lipinski definition) is 13. The third-order valence-electron chi connectivity index (χ3n) is 7.54. The maximum absolute atomic E-state index is 14.1. The normalized spacial score (nSPS) is 17.3. The van der Waals surface area contributed by atoms with Gasteiger partial charge in [0.2, 0.25) is 6.61 Å². The molecule has 2 aliphatic heterocycles. The summed E-state index contributed by atoms with van der Waals surface area (Å²) in [4.78, 5) is 75.6. The van der Waals surface area contributed by atoms with Gasteiger partial charge in [0.25, 0.3) is 11.8 Å². The second-order valence-corrected chi connectivity index (χ2v) is 16.3. The molecule has 2 N–H and O–H groups in total. The summed E-state index contributed by atoms with van der Waals surface area (Å²) in [6.45, 7) is 4.03. The number of oxime groups is 1. The molecular formula is C35H33ClF3N5O8S3. The smallest absolute Gasteiger partial charge is 0.457 e. The summed E-state index contributed by atoms with van der Waals surface area (Å²) in [6, 6.07) is 17.0. The third-order valence-corrected chi connectivity index (χ3v) is 10.7. The summed E-state index contributed by atoms with van der Waals surface area (Å²) < 4.78 is 49.7. The fourth-order valence-corrected chi connectivity index (χ4v) is 8.40. The third kappa shape index (κ3) is 10.2. The van der Waals surface area contributed by atoms with Crippen LogP contribution in [0.25, 0.3) is 0 Å². The monoisotopic (exact) mass is 839 g/mol. The van der Waals surface area contributed by atoms with Crippen molar-refractivity contribution in [1.29, 1.82) is 0 Å². The number of thiazole rings is 1. The number of carbonyl (C=O) groups excluding carboxylic acids is 5. The molecule has 2 aromatic carbocycles. The van der Waals surface area contributed by atoms with Crippen LogP contribution < -0.4 is 10.6 Å². The van der Waals surface area contributed by atoms with Gasteiger partial charge in [0.1, 0.15) is 32.7 Å². The van der Waals surface area contributed by atoms with Crippen molar-refractivity contribution in [3.8, 4) is 0 Å². The molecule has 0 aliphatic carbocycles. The summed E-state index contributed by atoms with van der Waals surface area (Å²) in [7, 11) is 0. The zero-order valence-corrected chi connectivity index (χ0v) is 32.7. The molecule has 1 unspecified atom stereocenters. The minimum Gasteiger partial charge on any atom is -0.457 e. The average Bonchev–Trinajstić information content (AvgIpc) is 3.49. The number of nitrogens with zero attached hydrogens (tertiary/aromatic N) is 3. The Morgan fingerprint density at radius 3 is 2.24 bits per heavy atom. The van der Waals surface area contributed by atoms with Gasteiger partial charge in [-0.05, 0) is 43.7 Å². The first-order chi connectivity index (χ1) is 26.0. The fraction of sp³-hybridized carbons (Fsp3) is 0.343. The van der Waals surface area contributed by atoms with E-state index in [1.165, 1.54) is 28.4 Å². The number of hydrogen-bond donors (Lipinski definition) is 2. The van der Waals surface area contributed by atoms with Crippen LogP contribution in [-0.2, 0) is 38.3 Å². The SMILES string of the molecule is CSCC1=C(C(=O)OC(c2ccccc2)c2ccccc2)N2C(=O)C(NC(=O)C(=NOCC(=O)OC(C)(C)C)c3nc(NC(=O)C(F)(F)F)sc3Cl)[C@H]2SC1. The lowest BCUT2D eigenvalue weighted by molar-refractivity contribution is -0.167. The number of anilines is 1. The first-order valence-electron chi connectivity index (χ1n) is 16.2. The van der Waals surface area contributed by atoms with Crippen molar-refractivity contribution < 1.29 is 51.5 Å². The van der Waals surface area contributed by atoms with Gasteiger partial charge in [-0.3, -0.25) is 24.6 Å². The molecule has 292 valence electrons. The number of rotatable bonds is 13. The van der Waals surface area contributed by atoms with E-state index in [1.807, 2.05) is 66.9 Å². The molecule has 3 heterocycles. The average molecular weight is 840 g/mol. The number of ether oxygens (including phenoxy) is 2. The number of β-lactam (4-membered cyclic amide) rings is 1. The van der Waals surface area contributed by atoms with E-state index in [9.17, 15) is 37.1 Å². The molecule has 0 spiro atoms. The van der Waals surface area contributed by atoms with Crippen molar-refractivity contribution in [3.05, 3.63) is 93.1 Å². The molecule has 1 aromatic heterocycles. The zero-order valence-electron chi connectivity index (χ0n) is 29.5. The number of nitrogens with one attached hydrogen (secondary N) is 2. The number of thioether (sulfide) groups is 2. The van der Waals surface area contributed by atoms with E-state index in [2.05, 4.69) is 15.5 Å². The molecule has 1 fully saturated rings. The van der Waals surface area contributed by atoms with Crippen LogP contribution in [0.5, 0.6) is 0 Å². The predicted molar refractivity (Wildman–Crippen MR) is 201 cm³/mol. The van der Waals surface area contributed by atoms with Crippen LogP contribution >= 0.6 is 46.5 Å². The highest BCUT2D eigenvalue weighted by atomic mass is 35.5. The van der Waals surface area contributed by atoms with Crippen molar-refractivity contribution in [2.75, 3.05) is 29.7 Å². The Morgan fingerprint density at radius 2 is 1.67 bits per heavy atom. The number of amides is 3. The molecule has 3 aromatic rings. The lowest BCUT2D eigenvalue weighted by Crippen LogP contribution is -2.71. The summed E-state index contributed by atoms with van der Waals surface area (Å²) >= 11 is 9.37. The van der Waals surface area contributed by atoms with Gasteiger partial charge in [-0.25, -0.2) is 14.6 Å². The van der Waals surface area contributed by atoms with Gasteiger partial charge in [-0.15, -0.1) is 11.8 Å². The second-order valence-electron chi connectivity index (χ2n) is 12.7. The molecule has 2 aliphatic rings. The molecular weight excluding hydrogens is 807 g/mol. The van der Waals surface area contributed by atoms with E-state index >= 15 is 0 Å². The molecule has 1 saturated heterocycles. The molecule has 20 heteroatoms. The first kappa shape index (κ1) is 41.6.